The zero-order valence-electron chi connectivity index (χ0n) is 11.8. The highest BCUT2D eigenvalue weighted by atomic mass is 79.9. The van der Waals surface area contributed by atoms with Crippen molar-refractivity contribution in [3.05, 3.63) is 57.5 Å². The van der Waals surface area contributed by atoms with Crippen LogP contribution in [0.4, 0.5) is 0 Å². The van der Waals surface area contributed by atoms with Crippen LogP contribution in [0.15, 0.2) is 39.6 Å². The van der Waals surface area contributed by atoms with Crippen LogP contribution in [-0.2, 0) is 6.42 Å². The van der Waals surface area contributed by atoms with Crippen molar-refractivity contribution in [2.75, 3.05) is 13.1 Å². The lowest BCUT2D eigenvalue weighted by Crippen LogP contribution is -2.32. The number of benzene rings is 1. The highest BCUT2D eigenvalue weighted by molar-refractivity contribution is 9.10. The van der Waals surface area contributed by atoms with Crippen LogP contribution < -0.4 is 10.6 Å². The highest BCUT2D eigenvalue weighted by Crippen LogP contribution is 2.31. The maximum absolute atomic E-state index is 12.0. The van der Waals surface area contributed by atoms with Crippen LogP contribution in [0.5, 0.6) is 0 Å². The zero-order valence-corrected chi connectivity index (χ0v) is 13.4. The fourth-order valence-electron chi connectivity index (χ4n) is 2.73. The van der Waals surface area contributed by atoms with Gasteiger partial charge in [0.2, 0.25) is 0 Å². The molecule has 0 saturated carbocycles. The number of fused-ring (bicyclic) bond motifs is 1. The van der Waals surface area contributed by atoms with Gasteiger partial charge in [-0.25, -0.2) is 0 Å². The fourth-order valence-corrected chi connectivity index (χ4v) is 3.20. The standard InChI is InChI=1S/C16H17BrN2O2/c1-2-18-14(12-6-8-21-15(12)17)11-4-3-10-5-7-19-16(20)13(10)9-11/h3-4,6,8-9,14,18H,2,5,7H2,1H3,(H,19,20). The molecule has 1 aromatic carbocycles. The van der Waals surface area contributed by atoms with Crippen molar-refractivity contribution < 1.29 is 9.21 Å². The van der Waals surface area contributed by atoms with Gasteiger partial charge in [-0.2, -0.15) is 0 Å². The Balaban J connectivity index is 2.02. The van der Waals surface area contributed by atoms with Crippen LogP contribution in [0.2, 0.25) is 0 Å². The molecule has 1 aliphatic rings. The van der Waals surface area contributed by atoms with E-state index in [1.807, 2.05) is 12.1 Å². The average molecular weight is 349 g/mol. The van der Waals surface area contributed by atoms with E-state index in [0.717, 1.165) is 46.4 Å². The van der Waals surface area contributed by atoms with Gasteiger partial charge in [0.05, 0.1) is 12.3 Å². The van der Waals surface area contributed by atoms with Crippen molar-refractivity contribution in [3.63, 3.8) is 0 Å². The summed E-state index contributed by atoms with van der Waals surface area (Å²) in [6, 6.07) is 8.07. The van der Waals surface area contributed by atoms with E-state index in [9.17, 15) is 4.79 Å². The first-order chi connectivity index (χ1) is 10.2. The van der Waals surface area contributed by atoms with E-state index in [-0.39, 0.29) is 11.9 Å². The molecule has 0 fully saturated rings. The molecule has 3 rings (SSSR count). The molecule has 2 heterocycles. The number of carbonyl (C=O) groups is 1. The number of rotatable bonds is 4. The predicted molar refractivity (Wildman–Crippen MR) is 84.4 cm³/mol. The van der Waals surface area contributed by atoms with Crippen LogP contribution in [0.1, 0.15) is 40.0 Å². The molecule has 0 aliphatic carbocycles. The molecule has 1 aliphatic heterocycles. The summed E-state index contributed by atoms with van der Waals surface area (Å²) in [5, 5.41) is 6.34. The summed E-state index contributed by atoms with van der Waals surface area (Å²) in [5.74, 6) is 0.0135. The SMILES string of the molecule is CCNC(c1ccc2c(c1)C(=O)NCC2)c1ccoc1Br. The third-order valence-electron chi connectivity index (χ3n) is 3.76. The topological polar surface area (TPSA) is 54.3 Å². The lowest BCUT2D eigenvalue weighted by Gasteiger charge is -2.21. The van der Waals surface area contributed by atoms with Gasteiger partial charge in [0.15, 0.2) is 4.67 Å². The van der Waals surface area contributed by atoms with Gasteiger partial charge >= 0.3 is 0 Å². The minimum Gasteiger partial charge on any atom is -0.457 e. The summed E-state index contributed by atoms with van der Waals surface area (Å²) in [6.07, 6.45) is 2.55. The van der Waals surface area contributed by atoms with Crippen molar-refractivity contribution in [1.29, 1.82) is 0 Å². The minimum atomic E-state index is 0.00292. The number of amides is 1. The molecule has 1 unspecified atom stereocenters. The Kier molecular flexibility index (Phi) is 4.12. The molecule has 1 atom stereocenters. The second-order valence-corrected chi connectivity index (χ2v) is 5.78. The molecule has 0 saturated heterocycles. The molecule has 4 nitrogen and oxygen atoms in total. The summed E-state index contributed by atoms with van der Waals surface area (Å²) >= 11 is 3.44. The lowest BCUT2D eigenvalue weighted by atomic mass is 9.93. The molecule has 5 heteroatoms. The van der Waals surface area contributed by atoms with Crippen LogP contribution >= 0.6 is 15.9 Å². The predicted octanol–water partition coefficient (Wildman–Crippen LogP) is 3.03. The van der Waals surface area contributed by atoms with Crippen molar-refractivity contribution in [1.82, 2.24) is 10.6 Å². The van der Waals surface area contributed by atoms with E-state index in [2.05, 4.69) is 45.6 Å². The molecule has 2 N–H and O–H groups in total. The Hall–Kier alpha value is -1.59. The molecule has 1 aromatic heterocycles. The first-order valence-electron chi connectivity index (χ1n) is 7.08. The summed E-state index contributed by atoms with van der Waals surface area (Å²) in [5.41, 5.74) is 3.99. The molecule has 110 valence electrons. The molecule has 0 bridgehead atoms. The average Bonchev–Trinajstić information content (AvgIpc) is 2.91. The van der Waals surface area contributed by atoms with E-state index in [4.69, 9.17) is 4.42 Å². The second kappa shape index (κ2) is 6.03. The van der Waals surface area contributed by atoms with E-state index < -0.39 is 0 Å². The molecule has 0 spiro atoms. The Labute approximate surface area is 132 Å². The van der Waals surface area contributed by atoms with Crippen molar-refractivity contribution in [2.24, 2.45) is 0 Å². The molecule has 0 radical (unpaired) electrons. The van der Waals surface area contributed by atoms with E-state index >= 15 is 0 Å². The largest absolute Gasteiger partial charge is 0.457 e. The third-order valence-corrected chi connectivity index (χ3v) is 4.40. The van der Waals surface area contributed by atoms with E-state index in [1.54, 1.807) is 6.26 Å². The molecule has 1 amide bonds. The number of hydrogen-bond donors (Lipinski definition) is 2. The van der Waals surface area contributed by atoms with Gasteiger partial charge in [-0.3, -0.25) is 4.79 Å². The van der Waals surface area contributed by atoms with Gasteiger partial charge in [0.1, 0.15) is 0 Å². The summed E-state index contributed by atoms with van der Waals surface area (Å²) in [7, 11) is 0. The fraction of sp³-hybridized carbons (Fsp3) is 0.312. The lowest BCUT2D eigenvalue weighted by molar-refractivity contribution is 0.0946. The van der Waals surface area contributed by atoms with E-state index in [1.165, 1.54) is 0 Å². The Bertz CT molecular complexity index is 666. The number of hydrogen-bond acceptors (Lipinski definition) is 3. The molecule has 2 aromatic rings. The van der Waals surface area contributed by atoms with Gasteiger partial charge in [0.25, 0.3) is 5.91 Å². The second-order valence-electron chi connectivity index (χ2n) is 5.06. The van der Waals surface area contributed by atoms with Gasteiger partial charge in [-0.15, -0.1) is 0 Å². The quantitative estimate of drug-likeness (QED) is 0.892. The Morgan fingerprint density at radius 2 is 2.29 bits per heavy atom. The monoisotopic (exact) mass is 348 g/mol. The number of nitrogens with one attached hydrogen (secondary N) is 2. The maximum atomic E-state index is 12.0. The van der Waals surface area contributed by atoms with Crippen LogP contribution in [-0.4, -0.2) is 19.0 Å². The first-order valence-corrected chi connectivity index (χ1v) is 7.87. The minimum absolute atomic E-state index is 0.00292. The van der Waals surface area contributed by atoms with Crippen LogP contribution in [0, 0.1) is 0 Å². The van der Waals surface area contributed by atoms with Gasteiger partial charge in [-0.05, 0) is 52.2 Å². The Morgan fingerprint density at radius 3 is 3.00 bits per heavy atom. The number of halogens is 1. The van der Waals surface area contributed by atoms with Gasteiger partial charge in [0, 0.05) is 17.7 Å². The van der Waals surface area contributed by atoms with Gasteiger partial charge < -0.3 is 15.1 Å². The Morgan fingerprint density at radius 1 is 1.43 bits per heavy atom. The number of furan rings is 1. The first kappa shape index (κ1) is 14.4. The highest BCUT2D eigenvalue weighted by Gasteiger charge is 2.22. The van der Waals surface area contributed by atoms with Crippen molar-refractivity contribution in [2.45, 2.75) is 19.4 Å². The third kappa shape index (κ3) is 2.76. The van der Waals surface area contributed by atoms with E-state index in [0.29, 0.717) is 0 Å². The summed E-state index contributed by atoms with van der Waals surface area (Å²) < 4.78 is 6.06. The summed E-state index contributed by atoms with van der Waals surface area (Å²) in [4.78, 5) is 12.0. The number of carbonyl (C=O) groups excluding carboxylic acids is 1. The van der Waals surface area contributed by atoms with Gasteiger partial charge in [-0.1, -0.05) is 19.1 Å². The normalized spacial score (nSPS) is 15.4. The molecular weight excluding hydrogens is 332 g/mol. The molecule has 21 heavy (non-hydrogen) atoms. The van der Waals surface area contributed by atoms with Crippen LogP contribution in [0.25, 0.3) is 0 Å². The summed E-state index contributed by atoms with van der Waals surface area (Å²) in [6.45, 7) is 3.60. The smallest absolute Gasteiger partial charge is 0.251 e. The van der Waals surface area contributed by atoms with Crippen molar-refractivity contribution in [3.8, 4) is 0 Å². The zero-order chi connectivity index (χ0) is 14.8. The van der Waals surface area contributed by atoms with Crippen LogP contribution in [0.3, 0.4) is 0 Å². The maximum Gasteiger partial charge on any atom is 0.251 e. The molecular formula is C16H17BrN2O2. The van der Waals surface area contributed by atoms with Crippen molar-refractivity contribution >= 4 is 21.8 Å².